The molecule has 0 aliphatic carbocycles. The van der Waals surface area contributed by atoms with Crippen LogP contribution in [0.5, 0.6) is 0 Å². The van der Waals surface area contributed by atoms with Gasteiger partial charge in [-0.1, -0.05) is 18.2 Å². The number of rotatable bonds is 7. The summed E-state index contributed by atoms with van der Waals surface area (Å²) in [5, 5.41) is 7.71. The molecule has 0 aliphatic heterocycles. The lowest BCUT2D eigenvalue weighted by Gasteiger charge is -2.06. The first kappa shape index (κ1) is 15.2. The monoisotopic (exact) mass is 280 g/mol. The molecule has 1 amide bonds. The molecule has 0 radical (unpaired) electrons. The zero-order valence-corrected chi connectivity index (χ0v) is 11.9. The largest absolute Gasteiger partial charge is 0.370 e. The Morgan fingerprint density at radius 1 is 1.47 bits per heavy atom. The molecule has 4 N–H and O–H groups in total. The average Bonchev–Trinajstić information content (AvgIpc) is 2.89. The Hall–Kier alpha value is -1.82. The molecule has 1 rings (SSSR count). The molecule has 5 nitrogen and oxygen atoms in total. The minimum atomic E-state index is -0.0288. The molecule has 0 unspecified atom stereocenters. The van der Waals surface area contributed by atoms with Crippen LogP contribution in [0.25, 0.3) is 0 Å². The number of amides is 1. The maximum absolute atomic E-state index is 11.6. The van der Waals surface area contributed by atoms with Crippen LogP contribution in [0.4, 0.5) is 0 Å². The van der Waals surface area contributed by atoms with E-state index in [1.54, 1.807) is 6.07 Å². The molecule has 6 heteroatoms. The van der Waals surface area contributed by atoms with Crippen molar-refractivity contribution in [3.8, 4) is 0 Å². The smallest absolute Gasteiger partial charge is 0.261 e. The van der Waals surface area contributed by atoms with E-state index in [1.807, 2.05) is 18.4 Å². The molecule has 19 heavy (non-hydrogen) atoms. The van der Waals surface area contributed by atoms with Crippen LogP contribution >= 0.6 is 11.3 Å². The summed E-state index contributed by atoms with van der Waals surface area (Å²) < 4.78 is 0. The van der Waals surface area contributed by atoms with Crippen LogP contribution in [0.1, 0.15) is 23.0 Å². The van der Waals surface area contributed by atoms with E-state index in [0.29, 0.717) is 25.6 Å². The van der Waals surface area contributed by atoms with Crippen molar-refractivity contribution >= 4 is 23.2 Å². The van der Waals surface area contributed by atoms with E-state index < -0.39 is 0 Å². The van der Waals surface area contributed by atoms with Gasteiger partial charge >= 0.3 is 0 Å². The van der Waals surface area contributed by atoms with Gasteiger partial charge in [-0.3, -0.25) is 4.79 Å². The molecule has 0 fully saturated rings. The Morgan fingerprint density at radius 2 is 2.21 bits per heavy atom. The van der Waals surface area contributed by atoms with Gasteiger partial charge < -0.3 is 16.4 Å². The molecule has 0 atom stereocenters. The number of nitrogens with two attached hydrogens (primary N) is 1. The second-order valence-electron chi connectivity index (χ2n) is 4.17. The molecule has 0 bridgehead atoms. The maximum Gasteiger partial charge on any atom is 0.261 e. The molecule has 0 aliphatic rings. The predicted molar refractivity (Wildman–Crippen MR) is 80.6 cm³/mol. The first-order valence-electron chi connectivity index (χ1n) is 6.09. The highest BCUT2D eigenvalue weighted by atomic mass is 32.1. The van der Waals surface area contributed by atoms with E-state index in [-0.39, 0.29) is 5.91 Å². The van der Waals surface area contributed by atoms with Gasteiger partial charge in [-0.15, -0.1) is 11.3 Å². The van der Waals surface area contributed by atoms with Crippen LogP contribution in [0.2, 0.25) is 0 Å². The normalized spacial score (nSPS) is 11.1. The lowest BCUT2D eigenvalue weighted by molar-refractivity contribution is 0.0957. The summed E-state index contributed by atoms with van der Waals surface area (Å²) in [4.78, 5) is 16.4. The number of nitrogens with zero attached hydrogens (tertiary/aromatic N) is 1. The first-order valence-corrected chi connectivity index (χ1v) is 6.97. The van der Waals surface area contributed by atoms with Gasteiger partial charge in [0.2, 0.25) is 0 Å². The summed E-state index contributed by atoms with van der Waals surface area (Å²) in [7, 11) is 0. The van der Waals surface area contributed by atoms with Crippen LogP contribution in [0.15, 0.2) is 34.7 Å². The summed E-state index contributed by atoms with van der Waals surface area (Å²) in [6.07, 6.45) is 0.792. The Kier molecular flexibility index (Phi) is 6.67. The van der Waals surface area contributed by atoms with Crippen molar-refractivity contribution in [1.29, 1.82) is 0 Å². The van der Waals surface area contributed by atoms with Crippen molar-refractivity contribution in [2.75, 3.05) is 19.6 Å². The Balaban J connectivity index is 2.10. The van der Waals surface area contributed by atoms with Gasteiger partial charge in [0.05, 0.1) is 11.4 Å². The zero-order valence-electron chi connectivity index (χ0n) is 11.1. The third-order valence-corrected chi connectivity index (χ3v) is 3.08. The number of thiophene rings is 1. The highest BCUT2D eigenvalue weighted by Gasteiger charge is 2.04. The Bertz CT molecular complexity index is 440. The molecule has 1 aromatic rings. The van der Waals surface area contributed by atoms with E-state index in [2.05, 4.69) is 22.2 Å². The predicted octanol–water partition coefficient (Wildman–Crippen LogP) is 1.35. The summed E-state index contributed by atoms with van der Waals surface area (Å²) in [5.41, 5.74) is 6.62. The van der Waals surface area contributed by atoms with Gasteiger partial charge in [0.25, 0.3) is 5.91 Å². The number of aliphatic imine (C=N–C) groups is 1. The topological polar surface area (TPSA) is 79.5 Å². The maximum atomic E-state index is 11.6. The van der Waals surface area contributed by atoms with Crippen LogP contribution in [-0.2, 0) is 0 Å². The van der Waals surface area contributed by atoms with Gasteiger partial charge in [0, 0.05) is 13.1 Å². The van der Waals surface area contributed by atoms with E-state index in [4.69, 9.17) is 5.73 Å². The molecule has 0 spiro atoms. The fraction of sp³-hybridized carbons (Fsp3) is 0.385. The molecule has 0 saturated carbocycles. The van der Waals surface area contributed by atoms with Crippen molar-refractivity contribution < 1.29 is 4.79 Å². The first-order chi connectivity index (χ1) is 9.09. The van der Waals surface area contributed by atoms with Crippen LogP contribution < -0.4 is 16.4 Å². The summed E-state index contributed by atoms with van der Waals surface area (Å²) >= 11 is 1.43. The third-order valence-electron chi connectivity index (χ3n) is 2.21. The summed E-state index contributed by atoms with van der Waals surface area (Å²) in [6.45, 7) is 7.46. The highest BCUT2D eigenvalue weighted by Crippen LogP contribution is 2.07. The number of carbonyl (C=O) groups excluding carboxylic acids is 1. The van der Waals surface area contributed by atoms with Gasteiger partial charge in [-0.2, -0.15) is 0 Å². The Morgan fingerprint density at radius 3 is 2.84 bits per heavy atom. The van der Waals surface area contributed by atoms with Crippen molar-refractivity contribution in [2.24, 2.45) is 10.7 Å². The van der Waals surface area contributed by atoms with Crippen LogP contribution in [-0.4, -0.2) is 31.5 Å². The van der Waals surface area contributed by atoms with E-state index in [0.717, 1.165) is 16.9 Å². The number of hydrogen-bond acceptors (Lipinski definition) is 3. The van der Waals surface area contributed by atoms with E-state index >= 15 is 0 Å². The lowest BCUT2D eigenvalue weighted by atomic mass is 10.3. The second kappa shape index (κ2) is 8.31. The van der Waals surface area contributed by atoms with Crippen molar-refractivity contribution in [2.45, 2.75) is 13.3 Å². The van der Waals surface area contributed by atoms with Crippen molar-refractivity contribution in [3.63, 3.8) is 0 Å². The third kappa shape index (κ3) is 6.61. The van der Waals surface area contributed by atoms with Crippen LogP contribution in [0.3, 0.4) is 0 Å². The molecule has 104 valence electrons. The number of guanidine groups is 1. The van der Waals surface area contributed by atoms with Gasteiger partial charge in [0.1, 0.15) is 0 Å². The van der Waals surface area contributed by atoms with E-state index in [1.165, 1.54) is 11.3 Å². The molecular weight excluding hydrogens is 260 g/mol. The van der Waals surface area contributed by atoms with Gasteiger partial charge in [-0.05, 0) is 24.8 Å². The minimum absolute atomic E-state index is 0.0288. The number of hydrogen-bond donors (Lipinski definition) is 3. The van der Waals surface area contributed by atoms with Crippen molar-refractivity contribution in [1.82, 2.24) is 10.6 Å². The number of carbonyl (C=O) groups is 1. The SMILES string of the molecule is C=C(C)CN=C(N)NCCCNC(=O)c1cccs1. The minimum Gasteiger partial charge on any atom is -0.370 e. The molecule has 0 aromatic carbocycles. The fourth-order valence-electron chi connectivity index (χ4n) is 1.28. The summed E-state index contributed by atoms with van der Waals surface area (Å²) in [6, 6.07) is 3.67. The van der Waals surface area contributed by atoms with Crippen LogP contribution in [0, 0.1) is 0 Å². The molecular formula is C13H20N4OS. The molecule has 1 heterocycles. The highest BCUT2D eigenvalue weighted by molar-refractivity contribution is 7.12. The quantitative estimate of drug-likeness (QED) is 0.305. The lowest BCUT2D eigenvalue weighted by Crippen LogP contribution is -2.34. The second-order valence-corrected chi connectivity index (χ2v) is 5.12. The summed E-state index contributed by atoms with van der Waals surface area (Å²) in [5.74, 6) is 0.381. The molecule has 0 saturated heterocycles. The van der Waals surface area contributed by atoms with E-state index in [9.17, 15) is 4.79 Å². The standard InChI is InChI=1S/C13H20N4OS/c1-10(2)9-17-13(14)16-7-4-6-15-12(18)11-5-3-8-19-11/h3,5,8H,1,4,6-7,9H2,2H3,(H,15,18)(H3,14,16,17). The molecule has 1 aromatic heterocycles. The average molecular weight is 280 g/mol. The van der Waals surface area contributed by atoms with Gasteiger partial charge in [0.15, 0.2) is 5.96 Å². The number of nitrogens with one attached hydrogen (secondary N) is 2. The Labute approximate surface area is 117 Å². The van der Waals surface area contributed by atoms with Gasteiger partial charge in [-0.25, -0.2) is 4.99 Å². The van der Waals surface area contributed by atoms with Crippen molar-refractivity contribution in [3.05, 3.63) is 34.5 Å². The zero-order chi connectivity index (χ0) is 14.1. The fourth-order valence-corrected chi connectivity index (χ4v) is 1.92.